The number of sulfonamides is 1. The topological polar surface area (TPSA) is 63.7 Å². The Labute approximate surface area is 115 Å². The molecular weight excluding hydrogens is 266 g/mol. The maximum Gasteiger partial charge on any atom is 0.309 e. The summed E-state index contributed by atoms with van der Waals surface area (Å²) in [5.74, 6) is -0.583. The Morgan fingerprint density at radius 3 is 2.42 bits per heavy atom. The van der Waals surface area contributed by atoms with Gasteiger partial charge in [0.15, 0.2) is 0 Å². The van der Waals surface area contributed by atoms with Crippen molar-refractivity contribution in [3.63, 3.8) is 0 Å². The number of hydrogen-bond acceptors (Lipinski definition) is 4. The fourth-order valence-corrected chi connectivity index (χ4v) is 5.23. The summed E-state index contributed by atoms with van der Waals surface area (Å²) < 4.78 is 31.4. The van der Waals surface area contributed by atoms with Gasteiger partial charge in [0.05, 0.1) is 18.3 Å². The Morgan fingerprint density at radius 1 is 1.11 bits per heavy atom. The number of carbonyl (C=O) groups excluding carboxylic acids is 1. The Kier molecular flexibility index (Phi) is 4.84. The third kappa shape index (κ3) is 3.28. The molecule has 2 aliphatic rings. The monoisotopic (exact) mass is 289 g/mol. The highest BCUT2D eigenvalue weighted by atomic mass is 32.2. The first-order valence-corrected chi connectivity index (χ1v) is 8.63. The van der Waals surface area contributed by atoms with Gasteiger partial charge >= 0.3 is 5.97 Å². The molecule has 0 radical (unpaired) electrons. The van der Waals surface area contributed by atoms with Gasteiger partial charge in [0.2, 0.25) is 10.0 Å². The molecule has 2 fully saturated rings. The minimum Gasteiger partial charge on any atom is -0.469 e. The van der Waals surface area contributed by atoms with Crippen LogP contribution in [0, 0.1) is 5.92 Å². The first kappa shape index (κ1) is 14.8. The van der Waals surface area contributed by atoms with Gasteiger partial charge < -0.3 is 4.74 Å². The van der Waals surface area contributed by atoms with Gasteiger partial charge in [-0.1, -0.05) is 19.3 Å². The zero-order valence-corrected chi connectivity index (χ0v) is 12.3. The third-order valence-corrected chi connectivity index (χ3v) is 6.62. The average molecular weight is 289 g/mol. The molecule has 1 saturated carbocycles. The lowest BCUT2D eigenvalue weighted by Crippen LogP contribution is -2.46. The molecule has 0 amide bonds. The van der Waals surface area contributed by atoms with Gasteiger partial charge in [-0.15, -0.1) is 0 Å². The second kappa shape index (κ2) is 6.22. The van der Waals surface area contributed by atoms with Crippen LogP contribution >= 0.6 is 0 Å². The number of nitrogens with zero attached hydrogens (tertiary/aromatic N) is 1. The van der Waals surface area contributed by atoms with E-state index in [4.69, 9.17) is 4.74 Å². The predicted molar refractivity (Wildman–Crippen MR) is 72.1 cm³/mol. The zero-order valence-electron chi connectivity index (χ0n) is 11.5. The normalized spacial score (nSPS) is 27.1. The smallest absolute Gasteiger partial charge is 0.309 e. The predicted octanol–water partition coefficient (Wildman–Crippen LogP) is 1.53. The van der Waals surface area contributed by atoms with E-state index < -0.39 is 10.0 Å². The molecule has 1 saturated heterocycles. The largest absolute Gasteiger partial charge is 0.469 e. The zero-order chi connectivity index (χ0) is 13.9. The number of methoxy groups -OCH3 is 1. The summed E-state index contributed by atoms with van der Waals surface area (Å²) >= 11 is 0. The second-order valence-corrected chi connectivity index (χ2v) is 7.74. The maximum absolute atomic E-state index is 12.6. The molecule has 1 aliphatic carbocycles. The van der Waals surface area contributed by atoms with E-state index in [1.807, 2.05) is 0 Å². The van der Waals surface area contributed by atoms with Crippen molar-refractivity contribution in [3.8, 4) is 0 Å². The van der Waals surface area contributed by atoms with E-state index in [2.05, 4.69) is 0 Å². The van der Waals surface area contributed by atoms with Gasteiger partial charge in [0.25, 0.3) is 0 Å². The van der Waals surface area contributed by atoms with Crippen LogP contribution in [0.15, 0.2) is 0 Å². The van der Waals surface area contributed by atoms with E-state index >= 15 is 0 Å². The Morgan fingerprint density at radius 2 is 1.79 bits per heavy atom. The van der Waals surface area contributed by atoms with Crippen molar-refractivity contribution >= 4 is 16.0 Å². The van der Waals surface area contributed by atoms with Gasteiger partial charge in [-0.05, 0) is 25.7 Å². The number of carbonyl (C=O) groups is 1. The van der Waals surface area contributed by atoms with Crippen molar-refractivity contribution < 1.29 is 17.9 Å². The van der Waals surface area contributed by atoms with E-state index in [9.17, 15) is 13.2 Å². The fraction of sp³-hybridized carbons (Fsp3) is 0.923. The molecule has 0 aromatic heterocycles. The third-order valence-electron chi connectivity index (χ3n) is 4.25. The van der Waals surface area contributed by atoms with Gasteiger partial charge in [-0.2, -0.15) is 0 Å². The molecule has 0 N–H and O–H groups in total. The van der Waals surface area contributed by atoms with Gasteiger partial charge in [-0.3, -0.25) is 4.79 Å². The summed E-state index contributed by atoms with van der Waals surface area (Å²) in [5.41, 5.74) is 0. The van der Waals surface area contributed by atoms with Gasteiger partial charge in [-0.25, -0.2) is 12.7 Å². The summed E-state index contributed by atoms with van der Waals surface area (Å²) in [5, 5.41) is -0.238. The van der Waals surface area contributed by atoms with Crippen LogP contribution in [0.5, 0.6) is 0 Å². The van der Waals surface area contributed by atoms with Crippen LogP contribution in [0.4, 0.5) is 0 Å². The first-order valence-electron chi connectivity index (χ1n) is 7.12. The van der Waals surface area contributed by atoms with Crippen molar-refractivity contribution in [2.75, 3.05) is 20.2 Å². The molecule has 2 rings (SSSR count). The SMILES string of the molecule is COC(=O)C1CCCN(S(=O)(=O)C2CCCCC2)C1. The number of rotatable bonds is 3. The minimum atomic E-state index is -3.23. The minimum absolute atomic E-state index is 0.238. The van der Waals surface area contributed by atoms with Crippen LogP contribution < -0.4 is 0 Å². The standard InChI is InChI=1S/C13H23NO4S/c1-18-13(15)11-6-5-9-14(10-11)19(16,17)12-7-3-2-4-8-12/h11-12H,2-10H2,1H3. The summed E-state index contributed by atoms with van der Waals surface area (Å²) in [7, 11) is -1.88. The molecule has 1 unspecified atom stereocenters. The van der Waals surface area contributed by atoms with Gasteiger partial charge in [0, 0.05) is 13.1 Å². The highest BCUT2D eigenvalue weighted by Gasteiger charge is 2.37. The fourth-order valence-electron chi connectivity index (χ4n) is 3.11. The molecule has 5 nitrogen and oxygen atoms in total. The van der Waals surface area contributed by atoms with Crippen molar-refractivity contribution in [1.82, 2.24) is 4.31 Å². The van der Waals surface area contributed by atoms with E-state index in [0.29, 0.717) is 13.1 Å². The molecule has 0 bridgehead atoms. The van der Waals surface area contributed by atoms with Crippen molar-refractivity contribution in [2.45, 2.75) is 50.2 Å². The van der Waals surface area contributed by atoms with Crippen molar-refractivity contribution in [1.29, 1.82) is 0 Å². The highest BCUT2D eigenvalue weighted by molar-refractivity contribution is 7.89. The molecular formula is C13H23NO4S. The molecule has 0 aromatic rings. The quantitative estimate of drug-likeness (QED) is 0.739. The number of hydrogen-bond donors (Lipinski definition) is 0. The van der Waals surface area contributed by atoms with Crippen molar-refractivity contribution in [2.24, 2.45) is 5.92 Å². The molecule has 0 aromatic carbocycles. The summed E-state index contributed by atoms with van der Waals surface area (Å²) in [6, 6.07) is 0. The van der Waals surface area contributed by atoms with E-state index in [1.165, 1.54) is 11.4 Å². The Bertz CT molecular complexity index is 414. The molecule has 1 atom stereocenters. The van der Waals surface area contributed by atoms with Crippen LogP contribution in [-0.4, -0.2) is 44.1 Å². The van der Waals surface area contributed by atoms with Crippen LogP contribution in [0.2, 0.25) is 0 Å². The van der Waals surface area contributed by atoms with Crippen LogP contribution in [0.25, 0.3) is 0 Å². The molecule has 1 heterocycles. The van der Waals surface area contributed by atoms with Crippen molar-refractivity contribution in [3.05, 3.63) is 0 Å². The first-order chi connectivity index (χ1) is 9.05. The lowest BCUT2D eigenvalue weighted by Gasteiger charge is -2.34. The highest BCUT2D eigenvalue weighted by Crippen LogP contribution is 2.29. The summed E-state index contributed by atoms with van der Waals surface area (Å²) in [4.78, 5) is 11.6. The van der Waals surface area contributed by atoms with Crippen LogP contribution in [0.3, 0.4) is 0 Å². The summed E-state index contributed by atoms with van der Waals surface area (Å²) in [6.45, 7) is 0.845. The molecule has 1 aliphatic heterocycles. The lowest BCUT2D eigenvalue weighted by atomic mass is 10.00. The number of ether oxygens (including phenoxy) is 1. The molecule has 110 valence electrons. The van der Waals surface area contributed by atoms with E-state index in [1.54, 1.807) is 0 Å². The maximum atomic E-state index is 12.6. The van der Waals surface area contributed by atoms with Gasteiger partial charge in [0.1, 0.15) is 0 Å². The van der Waals surface area contributed by atoms with Crippen LogP contribution in [-0.2, 0) is 19.6 Å². The Balaban J connectivity index is 2.05. The van der Waals surface area contributed by atoms with E-state index in [0.717, 1.165) is 44.9 Å². The number of esters is 1. The van der Waals surface area contributed by atoms with Crippen LogP contribution in [0.1, 0.15) is 44.9 Å². The Hall–Kier alpha value is -0.620. The molecule has 6 heteroatoms. The number of piperidine rings is 1. The second-order valence-electron chi connectivity index (χ2n) is 5.53. The lowest BCUT2D eigenvalue weighted by molar-refractivity contribution is -0.146. The molecule has 19 heavy (non-hydrogen) atoms. The molecule has 0 spiro atoms. The average Bonchev–Trinajstić information content (AvgIpc) is 2.47. The van der Waals surface area contributed by atoms with E-state index in [-0.39, 0.29) is 17.1 Å². The summed E-state index contributed by atoms with van der Waals surface area (Å²) in [6.07, 6.45) is 6.13.